The van der Waals surface area contributed by atoms with Crippen molar-refractivity contribution in [1.29, 1.82) is 0 Å². The standard InChI is InChI=1S/C16H14Cl2FNO3/c1-9(23-15-5-3-10(19)7-12(15)17)16(21)20-11-4-6-14(22-2)13(18)8-11/h3-9H,1-2H3,(H,20,21). The van der Waals surface area contributed by atoms with Gasteiger partial charge in [-0.2, -0.15) is 0 Å². The van der Waals surface area contributed by atoms with Crippen LogP contribution in [0.15, 0.2) is 36.4 Å². The molecule has 23 heavy (non-hydrogen) atoms. The number of methoxy groups -OCH3 is 1. The zero-order valence-electron chi connectivity index (χ0n) is 12.4. The van der Waals surface area contributed by atoms with Crippen molar-refractivity contribution in [3.8, 4) is 11.5 Å². The molecule has 7 heteroatoms. The molecule has 2 aromatic rings. The molecule has 1 N–H and O–H groups in total. The molecule has 0 aromatic heterocycles. The van der Waals surface area contributed by atoms with E-state index in [1.807, 2.05) is 0 Å². The summed E-state index contributed by atoms with van der Waals surface area (Å²) >= 11 is 11.9. The Morgan fingerprint density at radius 1 is 1.13 bits per heavy atom. The molecule has 0 radical (unpaired) electrons. The Hall–Kier alpha value is -1.98. The Balaban J connectivity index is 2.03. The quantitative estimate of drug-likeness (QED) is 0.853. The van der Waals surface area contributed by atoms with Crippen molar-refractivity contribution < 1.29 is 18.7 Å². The number of anilines is 1. The monoisotopic (exact) mass is 357 g/mol. The number of rotatable bonds is 5. The Morgan fingerprint density at radius 3 is 2.39 bits per heavy atom. The Bertz CT molecular complexity index is 724. The first-order chi connectivity index (χ1) is 10.9. The van der Waals surface area contributed by atoms with E-state index < -0.39 is 17.8 Å². The van der Waals surface area contributed by atoms with Crippen LogP contribution in [0.5, 0.6) is 11.5 Å². The van der Waals surface area contributed by atoms with Gasteiger partial charge < -0.3 is 14.8 Å². The topological polar surface area (TPSA) is 47.6 Å². The lowest BCUT2D eigenvalue weighted by molar-refractivity contribution is -0.122. The molecule has 1 unspecified atom stereocenters. The Labute approximate surface area is 143 Å². The number of halogens is 3. The van der Waals surface area contributed by atoms with E-state index in [-0.39, 0.29) is 10.8 Å². The first kappa shape index (κ1) is 17.4. The van der Waals surface area contributed by atoms with Gasteiger partial charge in [0, 0.05) is 5.69 Å². The van der Waals surface area contributed by atoms with Crippen molar-refractivity contribution in [1.82, 2.24) is 0 Å². The van der Waals surface area contributed by atoms with E-state index in [2.05, 4.69) is 5.32 Å². The number of hydrogen-bond donors (Lipinski definition) is 1. The SMILES string of the molecule is COc1ccc(NC(=O)C(C)Oc2ccc(F)cc2Cl)cc1Cl. The van der Waals surface area contributed by atoms with Gasteiger partial charge in [-0.15, -0.1) is 0 Å². The van der Waals surface area contributed by atoms with Crippen LogP contribution in [0.4, 0.5) is 10.1 Å². The molecule has 0 aliphatic carbocycles. The minimum atomic E-state index is -0.834. The maximum atomic E-state index is 13.0. The van der Waals surface area contributed by atoms with Crippen molar-refractivity contribution in [2.24, 2.45) is 0 Å². The van der Waals surface area contributed by atoms with Gasteiger partial charge in [0.2, 0.25) is 0 Å². The predicted octanol–water partition coefficient (Wildman–Crippen LogP) is 4.55. The van der Waals surface area contributed by atoms with E-state index in [4.69, 9.17) is 32.7 Å². The molecule has 0 aliphatic heterocycles. The third-order valence-electron chi connectivity index (χ3n) is 2.99. The molecule has 0 aliphatic rings. The molecule has 0 saturated heterocycles. The van der Waals surface area contributed by atoms with E-state index >= 15 is 0 Å². The Morgan fingerprint density at radius 2 is 1.78 bits per heavy atom. The predicted molar refractivity (Wildman–Crippen MR) is 88.1 cm³/mol. The maximum absolute atomic E-state index is 13.0. The van der Waals surface area contributed by atoms with Crippen molar-refractivity contribution in [2.75, 3.05) is 12.4 Å². The Kier molecular flexibility index (Phi) is 5.69. The van der Waals surface area contributed by atoms with E-state index in [1.54, 1.807) is 25.1 Å². The normalized spacial score (nSPS) is 11.7. The molecule has 0 bridgehead atoms. The number of ether oxygens (including phenoxy) is 2. The molecule has 2 aromatic carbocycles. The summed E-state index contributed by atoms with van der Waals surface area (Å²) in [6.07, 6.45) is -0.834. The highest BCUT2D eigenvalue weighted by Crippen LogP contribution is 2.28. The number of amides is 1. The molecule has 2 rings (SSSR count). The summed E-state index contributed by atoms with van der Waals surface area (Å²) in [7, 11) is 1.50. The molecule has 0 saturated carbocycles. The second kappa shape index (κ2) is 7.53. The molecule has 4 nitrogen and oxygen atoms in total. The molecular weight excluding hydrogens is 344 g/mol. The van der Waals surface area contributed by atoms with Crippen LogP contribution in [0.3, 0.4) is 0 Å². The third kappa shape index (κ3) is 4.50. The fourth-order valence-electron chi connectivity index (χ4n) is 1.80. The van der Waals surface area contributed by atoms with Crippen LogP contribution < -0.4 is 14.8 Å². The lowest BCUT2D eigenvalue weighted by atomic mass is 10.2. The van der Waals surface area contributed by atoms with Gasteiger partial charge in [0.1, 0.15) is 17.3 Å². The second-order valence-corrected chi connectivity index (χ2v) is 5.49. The van der Waals surface area contributed by atoms with Crippen LogP contribution >= 0.6 is 23.2 Å². The van der Waals surface area contributed by atoms with Crippen LogP contribution in [0, 0.1) is 5.82 Å². The minimum Gasteiger partial charge on any atom is -0.495 e. The van der Waals surface area contributed by atoms with Gasteiger partial charge in [0.15, 0.2) is 6.10 Å². The number of nitrogens with one attached hydrogen (secondary N) is 1. The first-order valence-electron chi connectivity index (χ1n) is 6.67. The van der Waals surface area contributed by atoms with Crippen LogP contribution in [0.1, 0.15) is 6.92 Å². The zero-order chi connectivity index (χ0) is 17.0. The van der Waals surface area contributed by atoms with Crippen LogP contribution in [0.25, 0.3) is 0 Å². The lowest BCUT2D eigenvalue weighted by Gasteiger charge is -2.16. The van der Waals surface area contributed by atoms with Crippen molar-refractivity contribution in [2.45, 2.75) is 13.0 Å². The van der Waals surface area contributed by atoms with Gasteiger partial charge in [0.05, 0.1) is 17.2 Å². The fourth-order valence-corrected chi connectivity index (χ4v) is 2.27. The van der Waals surface area contributed by atoms with Gasteiger partial charge in [-0.25, -0.2) is 4.39 Å². The summed E-state index contributed by atoms with van der Waals surface area (Å²) in [5, 5.41) is 3.13. The summed E-state index contributed by atoms with van der Waals surface area (Å²) in [5.41, 5.74) is 0.501. The molecule has 0 spiro atoms. The van der Waals surface area contributed by atoms with Gasteiger partial charge in [-0.1, -0.05) is 23.2 Å². The highest BCUT2D eigenvalue weighted by atomic mass is 35.5. The van der Waals surface area contributed by atoms with Crippen molar-refractivity contribution in [3.05, 3.63) is 52.3 Å². The largest absolute Gasteiger partial charge is 0.495 e. The number of carbonyl (C=O) groups excluding carboxylic acids is 1. The highest BCUT2D eigenvalue weighted by Gasteiger charge is 2.17. The second-order valence-electron chi connectivity index (χ2n) is 4.67. The number of benzene rings is 2. The maximum Gasteiger partial charge on any atom is 0.265 e. The summed E-state index contributed by atoms with van der Waals surface area (Å²) in [6, 6.07) is 8.54. The average molecular weight is 358 g/mol. The molecular formula is C16H14Cl2FNO3. The van der Waals surface area contributed by atoms with Crippen molar-refractivity contribution >= 4 is 34.8 Å². The zero-order valence-corrected chi connectivity index (χ0v) is 13.9. The van der Waals surface area contributed by atoms with Crippen LogP contribution in [0.2, 0.25) is 10.0 Å². The smallest absolute Gasteiger partial charge is 0.265 e. The molecule has 1 amide bonds. The molecule has 122 valence electrons. The highest BCUT2D eigenvalue weighted by molar-refractivity contribution is 6.32. The van der Waals surface area contributed by atoms with E-state index in [1.165, 1.54) is 19.2 Å². The van der Waals surface area contributed by atoms with Crippen molar-refractivity contribution in [3.63, 3.8) is 0 Å². The molecule has 1 atom stereocenters. The fraction of sp³-hybridized carbons (Fsp3) is 0.188. The van der Waals surface area contributed by atoms with Crippen LogP contribution in [-0.4, -0.2) is 19.1 Å². The summed E-state index contributed by atoms with van der Waals surface area (Å²) < 4.78 is 23.5. The van der Waals surface area contributed by atoms with E-state index in [0.717, 1.165) is 6.07 Å². The number of carbonyl (C=O) groups is 1. The average Bonchev–Trinajstić information content (AvgIpc) is 2.50. The van der Waals surface area contributed by atoms with Gasteiger partial charge in [0.25, 0.3) is 5.91 Å². The number of hydrogen-bond acceptors (Lipinski definition) is 3. The van der Waals surface area contributed by atoms with Gasteiger partial charge >= 0.3 is 0 Å². The van der Waals surface area contributed by atoms with Crippen LogP contribution in [-0.2, 0) is 4.79 Å². The summed E-state index contributed by atoms with van der Waals surface area (Å²) in [5.74, 6) is -0.144. The summed E-state index contributed by atoms with van der Waals surface area (Å²) in [6.45, 7) is 1.56. The molecule has 0 heterocycles. The van der Waals surface area contributed by atoms with E-state index in [0.29, 0.717) is 16.5 Å². The first-order valence-corrected chi connectivity index (χ1v) is 7.42. The minimum absolute atomic E-state index is 0.0946. The van der Waals surface area contributed by atoms with E-state index in [9.17, 15) is 9.18 Å². The van der Waals surface area contributed by atoms with Gasteiger partial charge in [-0.3, -0.25) is 4.79 Å². The van der Waals surface area contributed by atoms with Gasteiger partial charge in [-0.05, 0) is 43.3 Å². The third-order valence-corrected chi connectivity index (χ3v) is 3.58. The molecule has 0 fully saturated rings. The summed E-state index contributed by atoms with van der Waals surface area (Å²) in [4.78, 5) is 12.1. The lowest BCUT2D eigenvalue weighted by Crippen LogP contribution is -2.30.